The molecule has 0 aliphatic heterocycles. The van der Waals surface area contributed by atoms with Gasteiger partial charge in [0, 0.05) is 0 Å². The van der Waals surface area contributed by atoms with Crippen molar-refractivity contribution < 1.29 is 26.0 Å². The Kier molecular flexibility index (Phi) is 7.28. The molecule has 0 saturated heterocycles. The molecule has 4 heteroatoms. The third kappa shape index (κ3) is 4.29. The van der Waals surface area contributed by atoms with Crippen LogP contribution in [0.1, 0.15) is 72.1 Å². The van der Waals surface area contributed by atoms with Gasteiger partial charge < -0.3 is 0 Å². The standard InChI is InChI=1S/C9H11O.2C9H11.C3H7O.O.Ti/c1-9(2,10)8-6-4-3-5-7-8;2*1-8(2)9-6-4-3-5-7-9;1-3(2)4;;/h3-7H,1-2H3;2*3-7H,1-2H3;3H,1-2H3;;/q-1;;;-1;;+2. The molecule has 182 valence electrons. The zero-order valence-electron chi connectivity index (χ0n) is 22.0. The van der Waals surface area contributed by atoms with E-state index in [0.29, 0.717) is 0 Å². The van der Waals surface area contributed by atoms with Gasteiger partial charge in [0.05, 0.1) is 0 Å². The molecule has 0 saturated carbocycles. The van der Waals surface area contributed by atoms with Crippen LogP contribution in [0.15, 0.2) is 91.0 Å². The summed E-state index contributed by atoms with van der Waals surface area (Å²) in [5.41, 5.74) is 1.99. The van der Waals surface area contributed by atoms with Crippen LogP contribution < -0.4 is 0 Å². The Bertz CT molecular complexity index is 1090. The summed E-state index contributed by atoms with van der Waals surface area (Å²) in [6.45, 7) is 16.0. The first-order valence-electron chi connectivity index (χ1n) is 12.2. The zero-order valence-corrected chi connectivity index (χ0v) is 23.5. The molecule has 0 aliphatic rings. The second-order valence-electron chi connectivity index (χ2n) is 11.1. The second-order valence-corrected chi connectivity index (χ2v) is 18.8. The monoisotopic (exact) mass is 496 g/mol. The maximum absolute atomic E-state index is 16.5. The van der Waals surface area contributed by atoms with Gasteiger partial charge >= 0.3 is 208 Å². The van der Waals surface area contributed by atoms with E-state index in [1.165, 1.54) is 0 Å². The molecule has 0 unspecified atom stereocenters. The number of hydrogen-bond donors (Lipinski definition) is 0. The van der Waals surface area contributed by atoms with Crippen LogP contribution in [0.5, 0.6) is 0 Å². The van der Waals surface area contributed by atoms with E-state index in [4.69, 9.17) is 6.64 Å². The zero-order chi connectivity index (χ0) is 25.3. The van der Waals surface area contributed by atoms with E-state index in [1.807, 2.05) is 146 Å². The first-order valence-corrected chi connectivity index (χ1v) is 15.7. The van der Waals surface area contributed by atoms with E-state index in [2.05, 4.69) is 0 Å². The summed E-state index contributed by atoms with van der Waals surface area (Å²) in [4.78, 5) is 0. The van der Waals surface area contributed by atoms with Crippen molar-refractivity contribution in [3.63, 3.8) is 0 Å². The minimum absolute atomic E-state index is 0.299. The Hall–Kier alpha value is -1.91. The van der Waals surface area contributed by atoms with Gasteiger partial charge in [0.15, 0.2) is 0 Å². The normalized spacial score (nSPS) is 13.8. The molecule has 0 bridgehead atoms. The fourth-order valence-electron chi connectivity index (χ4n) is 5.35. The van der Waals surface area contributed by atoms with Crippen LogP contribution in [0, 0.1) is 0 Å². The van der Waals surface area contributed by atoms with Crippen molar-refractivity contribution in [2.24, 2.45) is 0 Å². The van der Waals surface area contributed by atoms with Crippen LogP contribution >= 0.6 is 0 Å². The minimum atomic E-state index is -5.89. The topological polar surface area (TPSA) is 35.5 Å². The van der Waals surface area contributed by atoms with Gasteiger partial charge in [-0.05, 0) is 0 Å². The number of hydrogen-bond acceptors (Lipinski definition) is 3. The SMILES string of the molecule is CC(C)[O][Ti](=[O])([O]C(C)(C)c1ccccc1)([C](C)(C)c1ccccc1)[C](C)(C)c1ccccc1. The van der Waals surface area contributed by atoms with E-state index in [9.17, 15) is 0 Å². The van der Waals surface area contributed by atoms with Crippen LogP contribution in [0.2, 0.25) is 0 Å². The van der Waals surface area contributed by atoms with E-state index in [1.54, 1.807) is 0 Å². The molecular weight excluding hydrogens is 456 g/mol. The molecule has 3 aromatic rings. The maximum atomic E-state index is 16.5. The molecule has 0 aliphatic carbocycles. The Labute approximate surface area is 207 Å². The summed E-state index contributed by atoms with van der Waals surface area (Å²) >= 11 is -5.89. The average Bonchev–Trinajstić information content (AvgIpc) is 2.80. The molecule has 0 amide bonds. The van der Waals surface area contributed by atoms with Crippen LogP contribution in [0.25, 0.3) is 0 Å². The molecule has 0 atom stereocenters. The van der Waals surface area contributed by atoms with Gasteiger partial charge in [-0.15, -0.1) is 0 Å². The van der Waals surface area contributed by atoms with Crippen molar-refractivity contribution in [3.05, 3.63) is 108 Å². The molecule has 3 aromatic carbocycles. The van der Waals surface area contributed by atoms with Gasteiger partial charge in [0.1, 0.15) is 0 Å². The van der Waals surface area contributed by atoms with Crippen LogP contribution in [-0.4, -0.2) is 6.10 Å². The van der Waals surface area contributed by atoms with Crippen LogP contribution in [0.4, 0.5) is 0 Å². The number of benzene rings is 3. The fourth-order valence-corrected chi connectivity index (χ4v) is 14.6. The van der Waals surface area contributed by atoms with E-state index < -0.39 is 29.1 Å². The van der Waals surface area contributed by atoms with Crippen molar-refractivity contribution in [1.29, 1.82) is 0 Å². The molecule has 3 rings (SSSR count). The van der Waals surface area contributed by atoms with Crippen molar-refractivity contribution >= 4 is 0 Å². The molecule has 0 aromatic heterocycles. The first kappa shape index (κ1) is 26.7. The summed E-state index contributed by atoms with van der Waals surface area (Å²) < 4.78 is 28.6. The molecule has 0 radical (unpaired) electrons. The van der Waals surface area contributed by atoms with Crippen molar-refractivity contribution in [3.8, 4) is 0 Å². The van der Waals surface area contributed by atoms with E-state index in [0.717, 1.165) is 16.7 Å². The van der Waals surface area contributed by atoms with Gasteiger partial charge in [0.25, 0.3) is 0 Å². The summed E-state index contributed by atoms with van der Waals surface area (Å²) in [7, 11) is 0. The predicted molar refractivity (Wildman–Crippen MR) is 136 cm³/mol. The van der Waals surface area contributed by atoms with Gasteiger partial charge in [-0.3, -0.25) is 0 Å². The van der Waals surface area contributed by atoms with E-state index >= 15 is 3.32 Å². The van der Waals surface area contributed by atoms with Crippen molar-refractivity contribution in [1.82, 2.24) is 0 Å². The van der Waals surface area contributed by atoms with Gasteiger partial charge in [-0.25, -0.2) is 0 Å². The summed E-state index contributed by atoms with van der Waals surface area (Å²) in [5, 5.41) is 0. The number of rotatable bonds is 9. The predicted octanol–water partition coefficient (Wildman–Crippen LogP) is 8.10. The Morgan fingerprint density at radius 3 is 1.24 bits per heavy atom. The summed E-state index contributed by atoms with van der Waals surface area (Å²) in [6.07, 6.45) is -0.299. The molecule has 0 fully saturated rings. The first-order chi connectivity index (χ1) is 15.8. The molecule has 3 nitrogen and oxygen atoms in total. The van der Waals surface area contributed by atoms with Crippen LogP contribution in [0.3, 0.4) is 0 Å². The second kappa shape index (κ2) is 9.28. The summed E-state index contributed by atoms with van der Waals surface area (Å²) in [5.74, 6) is 0. The molecular formula is C30H40O3Ti. The molecule has 0 spiro atoms. The Balaban J connectivity index is 2.42. The molecule has 34 heavy (non-hydrogen) atoms. The Morgan fingerprint density at radius 2 is 0.912 bits per heavy atom. The quantitative estimate of drug-likeness (QED) is 0.281. The van der Waals surface area contributed by atoms with Crippen molar-refractivity contribution in [2.45, 2.75) is 74.5 Å². The molecule has 0 heterocycles. The van der Waals surface area contributed by atoms with Gasteiger partial charge in [-0.2, -0.15) is 0 Å². The average molecular weight is 497 g/mol. The van der Waals surface area contributed by atoms with Gasteiger partial charge in [-0.1, -0.05) is 0 Å². The summed E-state index contributed by atoms with van der Waals surface area (Å²) in [6, 6.07) is 30.0. The van der Waals surface area contributed by atoms with Crippen molar-refractivity contribution in [2.75, 3.05) is 0 Å². The van der Waals surface area contributed by atoms with E-state index in [-0.39, 0.29) is 6.10 Å². The third-order valence-electron chi connectivity index (χ3n) is 7.51. The third-order valence-corrected chi connectivity index (χ3v) is 17.9. The Morgan fingerprint density at radius 1 is 0.588 bits per heavy atom. The van der Waals surface area contributed by atoms with Crippen LogP contribution in [-0.2, 0) is 39.1 Å². The fraction of sp³-hybridized carbons (Fsp3) is 0.400. The molecule has 0 N–H and O–H groups in total. The van der Waals surface area contributed by atoms with Gasteiger partial charge in [0.2, 0.25) is 0 Å².